The molecule has 0 aromatic heterocycles. The molecule has 0 bridgehead atoms. The van der Waals surface area contributed by atoms with Crippen molar-refractivity contribution in [1.29, 1.82) is 0 Å². The Bertz CT molecular complexity index is 341. The van der Waals surface area contributed by atoms with E-state index in [0.29, 0.717) is 5.56 Å². The van der Waals surface area contributed by atoms with Crippen LogP contribution >= 0.6 is 12.4 Å². The summed E-state index contributed by atoms with van der Waals surface area (Å²) in [4.78, 5) is 0. The summed E-state index contributed by atoms with van der Waals surface area (Å²) < 4.78 is 38.6. The second-order valence-corrected chi connectivity index (χ2v) is 3.80. The molecule has 0 aliphatic carbocycles. The Kier molecular flexibility index (Phi) is 4.62. The first-order valence-corrected chi connectivity index (χ1v) is 5.06. The molecule has 1 nitrogen and oxygen atoms in total. The van der Waals surface area contributed by atoms with E-state index in [1.54, 1.807) is 0 Å². The van der Waals surface area contributed by atoms with Crippen LogP contribution in [0.5, 0.6) is 0 Å². The molecule has 1 aliphatic rings. The van der Waals surface area contributed by atoms with Crippen molar-refractivity contribution < 1.29 is 13.2 Å². The Balaban J connectivity index is 0.00000128. The Morgan fingerprint density at radius 2 is 1.69 bits per heavy atom. The van der Waals surface area contributed by atoms with Gasteiger partial charge in [0, 0.05) is 6.04 Å². The summed E-state index contributed by atoms with van der Waals surface area (Å²) >= 11 is 0. The fraction of sp³-hybridized carbons (Fsp3) is 0.455. The second kappa shape index (κ2) is 5.55. The number of rotatable bonds is 1. The quantitative estimate of drug-likeness (QED) is 0.755. The van der Waals surface area contributed by atoms with E-state index >= 15 is 0 Å². The molecule has 1 atom stereocenters. The van der Waals surface area contributed by atoms with E-state index in [0.717, 1.165) is 37.9 Å². The number of hydrogen-bond acceptors (Lipinski definition) is 1. The average molecular weight is 252 g/mol. The van der Waals surface area contributed by atoms with Crippen LogP contribution in [-0.2, 0) is 0 Å². The first kappa shape index (κ1) is 13.3. The van der Waals surface area contributed by atoms with Gasteiger partial charge in [0.25, 0.3) is 0 Å². The Morgan fingerprint density at radius 1 is 1.06 bits per heavy atom. The average Bonchev–Trinajstić information content (AvgIpc) is 2.26. The van der Waals surface area contributed by atoms with Crippen molar-refractivity contribution in [3.8, 4) is 0 Å². The van der Waals surface area contributed by atoms with Crippen LogP contribution in [0.1, 0.15) is 30.9 Å². The van der Waals surface area contributed by atoms with E-state index < -0.39 is 17.5 Å². The van der Waals surface area contributed by atoms with Crippen LogP contribution in [0.25, 0.3) is 0 Å². The summed E-state index contributed by atoms with van der Waals surface area (Å²) in [6.07, 6.45) is 2.94. The predicted octanol–water partition coefficient (Wildman–Crippen LogP) is 3.34. The lowest BCUT2D eigenvalue weighted by Crippen LogP contribution is -2.27. The van der Waals surface area contributed by atoms with Gasteiger partial charge in [-0.3, -0.25) is 0 Å². The van der Waals surface area contributed by atoms with Gasteiger partial charge in [0.2, 0.25) is 0 Å². The van der Waals surface area contributed by atoms with Gasteiger partial charge in [-0.05, 0) is 37.1 Å². The molecule has 0 saturated carbocycles. The summed E-state index contributed by atoms with van der Waals surface area (Å²) in [5.74, 6) is -3.62. The van der Waals surface area contributed by atoms with Gasteiger partial charge in [-0.2, -0.15) is 0 Å². The van der Waals surface area contributed by atoms with Crippen LogP contribution in [0.4, 0.5) is 13.2 Å². The Hall–Kier alpha value is -0.740. The van der Waals surface area contributed by atoms with Crippen LogP contribution < -0.4 is 5.32 Å². The lowest BCUT2D eigenvalue weighted by molar-refractivity contribution is 0.400. The minimum atomic E-state index is -1.39. The maximum absolute atomic E-state index is 13.0. The predicted molar refractivity (Wildman–Crippen MR) is 58.2 cm³/mol. The van der Waals surface area contributed by atoms with E-state index in [-0.39, 0.29) is 18.4 Å². The number of piperidine rings is 1. The molecular formula is C11H13ClF3N. The highest BCUT2D eigenvalue weighted by Crippen LogP contribution is 2.25. The zero-order valence-corrected chi connectivity index (χ0v) is 9.42. The van der Waals surface area contributed by atoms with Gasteiger partial charge < -0.3 is 5.32 Å². The smallest absolute Gasteiger partial charge is 0.194 e. The van der Waals surface area contributed by atoms with E-state index in [1.165, 1.54) is 0 Å². The van der Waals surface area contributed by atoms with Crippen LogP contribution in [-0.4, -0.2) is 6.54 Å². The van der Waals surface area contributed by atoms with E-state index in [9.17, 15) is 13.2 Å². The molecule has 1 heterocycles. The largest absolute Gasteiger partial charge is 0.310 e. The minimum absolute atomic E-state index is 0. The Labute approximate surface area is 98.4 Å². The molecule has 1 aromatic rings. The molecule has 0 unspecified atom stereocenters. The molecule has 2 rings (SSSR count). The first-order chi connectivity index (χ1) is 7.18. The highest BCUT2D eigenvalue weighted by Gasteiger charge is 2.18. The first-order valence-electron chi connectivity index (χ1n) is 5.06. The lowest BCUT2D eigenvalue weighted by Gasteiger charge is -2.23. The van der Waals surface area contributed by atoms with Crippen molar-refractivity contribution in [3.05, 3.63) is 35.1 Å². The van der Waals surface area contributed by atoms with Crippen molar-refractivity contribution in [2.75, 3.05) is 6.54 Å². The summed E-state index contributed by atoms with van der Waals surface area (Å²) in [5.41, 5.74) is 0.492. The molecule has 1 fully saturated rings. The zero-order valence-electron chi connectivity index (χ0n) is 8.60. The number of benzene rings is 1. The minimum Gasteiger partial charge on any atom is -0.310 e. The van der Waals surface area contributed by atoms with Crippen LogP contribution in [0.3, 0.4) is 0 Å². The molecule has 1 aromatic carbocycles. The summed E-state index contributed by atoms with van der Waals surface area (Å²) in [7, 11) is 0. The maximum atomic E-state index is 13.0. The third-order valence-electron chi connectivity index (χ3n) is 2.72. The zero-order chi connectivity index (χ0) is 10.8. The van der Waals surface area contributed by atoms with Crippen molar-refractivity contribution in [2.24, 2.45) is 0 Å². The molecule has 0 radical (unpaired) electrons. The molecule has 0 amide bonds. The van der Waals surface area contributed by atoms with Gasteiger partial charge >= 0.3 is 0 Å². The van der Waals surface area contributed by atoms with Crippen LogP contribution in [0.15, 0.2) is 12.1 Å². The van der Waals surface area contributed by atoms with Crippen molar-refractivity contribution in [1.82, 2.24) is 5.32 Å². The summed E-state index contributed by atoms with van der Waals surface area (Å²) in [5, 5.41) is 3.15. The van der Waals surface area contributed by atoms with Crippen LogP contribution in [0.2, 0.25) is 0 Å². The molecule has 0 spiro atoms. The van der Waals surface area contributed by atoms with Gasteiger partial charge in [-0.15, -0.1) is 12.4 Å². The molecule has 16 heavy (non-hydrogen) atoms. The standard InChI is InChI=1S/C11H12F3N.ClH/c12-8-5-7(6-9(13)11(8)14)10-3-1-2-4-15-10;/h5-6,10,15H,1-4H2;1H/t10-;/m1./s1. The van der Waals surface area contributed by atoms with Gasteiger partial charge in [0.05, 0.1) is 0 Å². The van der Waals surface area contributed by atoms with Crippen molar-refractivity contribution in [2.45, 2.75) is 25.3 Å². The summed E-state index contributed by atoms with van der Waals surface area (Å²) in [6.45, 7) is 0.839. The Morgan fingerprint density at radius 3 is 2.19 bits per heavy atom. The van der Waals surface area contributed by atoms with Crippen molar-refractivity contribution in [3.63, 3.8) is 0 Å². The van der Waals surface area contributed by atoms with E-state index in [4.69, 9.17) is 0 Å². The topological polar surface area (TPSA) is 12.0 Å². The number of halogens is 4. The highest BCUT2D eigenvalue weighted by atomic mass is 35.5. The molecule has 5 heteroatoms. The van der Waals surface area contributed by atoms with Gasteiger partial charge in [0.15, 0.2) is 17.5 Å². The monoisotopic (exact) mass is 251 g/mol. The molecule has 1 N–H and O–H groups in total. The second-order valence-electron chi connectivity index (χ2n) is 3.80. The fourth-order valence-corrected chi connectivity index (χ4v) is 1.91. The molecule has 90 valence electrons. The fourth-order valence-electron chi connectivity index (χ4n) is 1.91. The normalized spacial score (nSPS) is 20.3. The maximum Gasteiger partial charge on any atom is 0.194 e. The van der Waals surface area contributed by atoms with E-state index in [2.05, 4.69) is 5.32 Å². The lowest BCUT2D eigenvalue weighted by atomic mass is 9.97. The number of nitrogens with one attached hydrogen (secondary N) is 1. The molecule has 1 saturated heterocycles. The number of hydrogen-bond donors (Lipinski definition) is 1. The summed E-state index contributed by atoms with van der Waals surface area (Å²) in [6, 6.07) is 2.09. The van der Waals surface area contributed by atoms with Gasteiger partial charge in [-0.25, -0.2) is 13.2 Å². The van der Waals surface area contributed by atoms with Crippen molar-refractivity contribution >= 4 is 12.4 Å². The van der Waals surface area contributed by atoms with Gasteiger partial charge in [0.1, 0.15) is 0 Å². The van der Waals surface area contributed by atoms with E-state index in [1.807, 2.05) is 0 Å². The van der Waals surface area contributed by atoms with Gasteiger partial charge in [-0.1, -0.05) is 6.42 Å². The van der Waals surface area contributed by atoms with Crippen LogP contribution in [0, 0.1) is 17.5 Å². The third-order valence-corrected chi connectivity index (χ3v) is 2.72. The third kappa shape index (κ3) is 2.68. The SMILES string of the molecule is Cl.Fc1cc([C@H]2CCCCN2)cc(F)c1F. The molecule has 1 aliphatic heterocycles. The highest BCUT2D eigenvalue weighted by molar-refractivity contribution is 5.85. The molecular weight excluding hydrogens is 239 g/mol.